The molecule has 3 N–H and O–H groups in total. The van der Waals surface area contributed by atoms with Crippen LogP contribution >= 0.6 is 11.6 Å². The average Bonchev–Trinajstić information content (AvgIpc) is 2.38. The predicted octanol–water partition coefficient (Wildman–Crippen LogP) is 2.97. The molecule has 1 aromatic heterocycles. The normalized spacial score (nSPS) is 11.4. The maximum atomic E-state index is 5.82. The molecule has 0 radical (unpaired) electrons. The molecule has 0 fully saturated rings. The first-order valence-corrected chi connectivity index (χ1v) is 6.25. The Bertz CT molecular complexity index is 578. The van der Waals surface area contributed by atoms with Gasteiger partial charge in [0.25, 0.3) is 0 Å². The highest BCUT2D eigenvalue weighted by Crippen LogP contribution is 2.09. The molecule has 0 unspecified atom stereocenters. The molecule has 0 aliphatic heterocycles. The van der Waals surface area contributed by atoms with Crippen LogP contribution in [-0.4, -0.2) is 10.9 Å². The number of nitrogens with one attached hydrogen (secondary N) is 1. The maximum Gasteiger partial charge on any atom is 0.193 e. The lowest BCUT2D eigenvalue weighted by Gasteiger charge is -2.06. The van der Waals surface area contributed by atoms with Crippen molar-refractivity contribution in [3.63, 3.8) is 0 Å². The highest BCUT2D eigenvalue weighted by Gasteiger charge is 1.97. The number of aromatic nitrogens is 1. The fraction of sp³-hybridized carbons (Fsp3) is 0.143. The number of nitrogens with two attached hydrogens (primary N) is 1. The van der Waals surface area contributed by atoms with E-state index < -0.39 is 0 Å². The predicted molar refractivity (Wildman–Crippen MR) is 79.4 cm³/mol. The van der Waals surface area contributed by atoms with E-state index in [4.69, 9.17) is 17.3 Å². The Labute approximate surface area is 117 Å². The maximum absolute atomic E-state index is 5.82. The average molecular weight is 275 g/mol. The molecule has 0 atom stereocenters. The number of anilines is 1. The first-order valence-electron chi connectivity index (χ1n) is 5.87. The lowest BCUT2D eigenvalue weighted by molar-refractivity contribution is 0.985. The van der Waals surface area contributed by atoms with Crippen molar-refractivity contribution >= 4 is 23.2 Å². The second-order valence-electron chi connectivity index (χ2n) is 4.16. The smallest absolute Gasteiger partial charge is 0.193 e. The number of hydrogen-bond acceptors (Lipinski definition) is 2. The van der Waals surface area contributed by atoms with Crippen molar-refractivity contribution in [1.82, 2.24) is 4.98 Å². The minimum atomic E-state index is 0.363. The zero-order valence-corrected chi connectivity index (χ0v) is 11.4. The fourth-order valence-electron chi connectivity index (χ4n) is 1.58. The van der Waals surface area contributed by atoms with E-state index in [9.17, 15) is 0 Å². The molecule has 2 rings (SSSR count). The third kappa shape index (κ3) is 4.26. The molecule has 0 aliphatic carbocycles. The van der Waals surface area contributed by atoms with Crippen molar-refractivity contribution in [3.05, 3.63) is 58.9 Å². The van der Waals surface area contributed by atoms with Gasteiger partial charge in [-0.25, -0.2) is 4.99 Å². The Hall–Kier alpha value is -2.07. The van der Waals surface area contributed by atoms with Crippen LogP contribution in [-0.2, 0) is 6.54 Å². The number of guanidine groups is 1. The summed E-state index contributed by atoms with van der Waals surface area (Å²) >= 11 is 5.76. The zero-order chi connectivity index (χ0) is 13.7. The molecule has 0 aliphatic rings. The molecule has 98 valence electrons. The Kier molecular flexibility index (Phi) is 4.36. The van der Waals surface area contributed by atoms with Crippen LogP contribution in [0.2, 0.25) is 5.02 Å². The number of halogens is 1. The highest BCUT2D eigenvalue weighted by molar-refractivity contribution is 6.30. The van der Waals surface area contributed by atoms with Crippen LogP contribution in [0.3, 0.4) is 0 Å². The molecular formula is C14H15ClN4. The standard InChI is InChI=1S/C14H15ClN4/c1-10-3-2-4-12(7-10)19-14(16)18-9-13-6-5-11(15)8-17-13/h2-8H,9H2,1H3,(H3,16,18,19). The number of hydrogen-bond donors (Lipinski definition) is 2. The Morgan fingerprint density at radius 2 is 2.21 bits per heavy atom. The van der Waals surface area contributed by atoms with Crippen LogP contribution in [0.4, 0.5) is 5.69 Å². The van der Waals surface area contributed by atoms with Crippen molar-refractivity contribution in [2.24, 2.45) is 10.7 Å². The number of aryl methyl sites for hydroxylation is 1. The minimum Gasteiger partial charge on any atom is -0.370 e. The van der Waals surface area contributed by atoms with Gasteiger partial charge in [-0.3, -0.25) is 4.98 Å². The lowest BCUT2D eigenvalue weighted by atomic mass is 10.2. The van der Waals surface area contributed by atoms with Gasteiger partial charge in [0.2, 0.25) is 0 Å². The van der Waals surface area contributed by atoms with Crippen molar-refractivity contribution in [3.8, 4) is 0 Å². The molecule has 2 aromatic rings. The summed E-state index contributed by atoms with van der Waals surface area (Å²) < 4.78 is 0. The SMILES string of the molecule is Cc1cccc(NC(N)=NCc2ccc(Cl)cn2)c1. The molecule has 0 amide bonds. The summed E-state index contributed by atoms with van der Waals surface area (Å²) in [6, 6.07) is 11.5. The first-order chi connectivity index (χ1) is 9.13. The summed E-state index contributed by atoms with van der Waals surface area (Å²) in [7, 11) is 0. The van der Waals surface area contributed by atoms with Crippen molar-refractivity contribution in [2.75, 3.05) is 5.32 Å². The van der Waals surface area contributed by atoms with E-state index in [2.05, 4.69) is 15.3 Å². The summed E-state index contributed by atoms with van der Waals surface area (Å²) in [5, 5.41) is 3.65. The third-order valence-corrected chi connectivity index (χ3v) is 2.71. The summed E-state index contributed by atoms with van der Waals surface area (Å²) in [5.41, 5.74) is 8.72. The van der Waals surface area contributed by atoms with E-state index in [-0.39, 0.29) is 0 Å². The van der Waals surface area contributed by atoms with E-state index in [1.54, 1.807) is 12.3 Å². The van der Waals surface area contributed by atoms with Gasteiger partial charge in [0.05, 0.1) is 17.3 Å². The molecular weight excluding hydrogens is 260 g/mol. The van der Waals surface area contributed by atoms with Gasteiger partial charge in [0.15, 0.2) is 5.96 Å². The van der Waals surface area contributed by atoms with Gasteiger partial charge >= 0.3 is 0 Å². The van der Waals surface area contributed by atoms with Crippen LogP contribution < -0.4 is 11.1 Å². The van der Waals surface area contributed by atoms with E-state index in [0.29, 0.717) is 17.5 Å². The Balaban J connectivity index is 1.97. The Morgan fingerprint density at radius 1 is 1.37 bits per heavy atom. The molecule has 0 spiro atoms. The molecule has 4 nitrogen and oxygen atoms in total. The summed E-state index contributed by atoms with van der Waals surface area (Å²) in [6.07, 6.45) is 1.59. The molecule has 1 heterocycles. The molecule has 0 saturated heterocycles. The number of rotatable bonds is 3. The van der Waals surface area contributed by atoms with Crippen LogP contribution in [0.1, 0.15) is 11.3 Å². The largest absolute Gasteiger partial charge is 0.370 e. The van der Waals surface area contributed by atoms with Crippen molar-refractivity contribution in [2.45, 2.75) is 13.5 Å². The quantitative estimate of drug-likeness (QED) is 0.668. The molecule has 0 saturated carbocycles. The van der Waals surface area contributed by atoms with Gasteiger partial charge in [0.1, 0.15) is 0 Å². The van der Waals surface area contributed by atoms with Crippen LogP contribution in [0.15, 0.2) is 47.6 Å². The molecule has 1 aromatic carbocycles. The van der Waals surface area contributed by atoms with Crippen LogP contribution in [0.5, 0.6) is 0 Å². The van der Waals surface area contributed by atoms with Gasteiger partial charge in [-0.05, 0) is 36.8 Å². The monoisotopic (exact) mass is 274 g/mol. The molecule has 0 bridgehead atoms. The number of aliphatic imine (C=N–C) groups is 1. The zero-order valence-electron chi connectivity index (χ0n) is 10.6. The second-order valence-corrected chi connectivity index (χ2v) is 4.60. The number of benzene rings is 1. The fourth-order valence-corrected chi connectivity index (χ4v) is 1.69. The van der Waals surface area contributed by atoms with E-state index >= 15 is 0 Å². The topological polar surface area (TPSA) is 63.3 Å². The number of nitrogens with zero attached hydrogens (tertiary/aromatic N) is 2. The van der Waals surface area contributed by atoms with Gasteiger partial charge in [-0.15, -0.1) is 0 Å². The van der Waals surface area contributed by atoms with Gasteiger partial charge < -0.3 is 11.1 Å². The second kappa shape index (κ2) is 6.20. The van der Waals surface area contributed by atoms with E-state index in [1.807, 2.05) is 37.3 Å². The minimum absolute atomic E-state index is 0.363. The third-order valence-electron chi connectivity index (χ3n) is 2.49. The highest BCUT2D eigenvalue weighted by atomic mass is 35.5. The van der Waals surface area contributed by atoms with Crippen molar-refractivity contribution in [1.29, 1.82) is 0 Å². The lowest BCUT2D eigenvalue weighted by Crippen LogP contribution is -2.22. The van der Waals surface area contributed by atoms with Crippen molar-refractivity contribution < 1.29 is 0 Å². The van der Waals surface area contributed by atoms with Gasteiger partial charge in [-0.2, -0.15) is 0 Å². The Morgan fingerprint density at radius 3 is 2.89 bits per heavy atom. The van der Waals surface area contributed by atoms with E-state index in [1.165, 1.54) is 0 Å². The summed E-state index contributed by atoms with van der Waals surface area (Å²) in [5.74, 6) is 0.363. The first kappa shape index (κ1) is 13.4. The molecule has 5 heteroatoms. The number of pyridine rings is 1. The summed E-state index contributed by atoms with van der Waals surface area (Å²) in [6.45, 7) is 2.44. The van der Waals surface area contributed by atoms with Gasteiger partial charge in [0, 0.05) is 11.9 Å². The van der Waals surface area contributed by atoms with Crippen LogP contribution in [0, 0.1) is 6.92 Å². The molecule has 19 heavy (non-hydrogen) atoms. The van der Waals surface area contributed by atoms with E-state index in [0.717, 1.165) is 16.9 Å². The summed E-state index contributed by atoms with van der Waals surface area (Å²) in [4.78, 5) is 8.38. The van der Waals surface area contributed by atoms with Gasteiger partial charge in [-0.1, -0.05) is 23.7 Å². The van der Waals surface area contributed by atoms with Crippen LogP contribution in [0.25, 0.3) is 0 Å².